The molecular formula is C26H21N3O2S2. The number of fused-ring (bicyclic) bond motifs is 1. The summed E-state index contributed by atoms with van der Waals surface area (Å²) in [6.07, 6.45) is 1.47. The minimum Gasteiger partial charge on any atom is -0.343 e. The summed E-state index contributed by atoms with van der Waals surface area (Å²) in [7, 11) is 0. The van der Waals surface area contributed by atoms with E-state index in [1.807, 2.05) is 85.1 Å². The van der Waals surface area contributed by atoms with Crippen LogP contribution in [0.25, 0.3) is 21.3 Å². The maximum atomic E-state index is 13.4. The van der Waals surface area contributed by atoms with E-state index in [2.05, 4.69) is 10.3 Å². The van der Waals surface area contributed by atoms with E-state index >= 15 is 0 Å². The highest BCUT2D eigenvalue weighted by Gasteiger charge is 2.20. The second kappa shape index (κ2) is 9.13. The molecule has 7 heteroatoms. The summed E-state index contributed by atoms with van der Waals surface area (Å²) < 4.78 is 1.40. The summed E-state index contributed by atoms with van der Waals surface area (Å²) in [6, 6.07) is 23.4. The third kappa shape index (κ3) is 4.25. The van der Waals surface area contributed by atoms with Crippen molar-refractivity contribution in [2.75, 3.05) is 0 Å². The summed E-state index contributed by atoms with van der Waals surface area (Å²) in [4.78, 5) is 33.7. The summed E-state index contributed by atoms with van der Waals surface area (Å²) in [5.74, 6) is -0.242. The average Bonchev–Trinajstić information content (AvgIpc) is 3.48. The molecule has 3 heterocycles. The van der Waals surface area contributed by atoms with Crippen molar-refractivity contribution in [2.24, 2.45) is 0 Å². The van der Waals surface area contributed by atoms with Gasteiger partial charge in [0, 0.05) is 15.3 Å². The smallest absolute Gasteiger partial charge is 0.263 e. The molecule has 0 fully saturated rings. The van der Waals surface area contributed by atoms with Gasteiger partial charge in [0.1, 0.15) is 11.4 Å². The van der Waals surface area contributed by atoms with Crippen molar-refractivity contribution in [3.05, 3.63) is 110 Å². The molecule has 33 heavy (non-hydrogen) atoms. The van der Waals surface area contributed by atoms with Crippen molar-refractivity contribution < 1.29 is 4.79 Å². The predicted molar refractivity (Wildman–Crippen MR) is 135 cm³/mol. The molecule has 1 N–H and O–H groups in total. The van der Waals surface area contributed by atoms with Crippen LogP contribution in [-0.4, -0.2) is 15.5 Å². The fourth-order valence-corrected chi connectivity index (χ4v) is 5.79. The molecule has 1 amide bonds. The van der Waals surface area contributed by atoms with Gasteiger partial charge in [-0.3, -0.25) is 14.2 Å². The van der Waals surface area contributed by atoms with Gasteiger partial charge in [0.25, 0.3) is 5.56 Å². The van der Waals surface area contributed by atoms with Gasteiger partial charge in [-0.1, -0.05) is 66.7 Å². The van der Waals surface area contributed by atoms with Gasteiger partial charge in [-0.05, 0) is 29.5 Å². The number of aromatic nitrogens is 2. The van der Waals surface area contributed by atoms with Crippen LogP contribution in [0.1, 0.15) is 21.4 Å². The molecule has 0 aliphatic rings. The largest absolute Gasteiger partial charge is 0.343 e. The second-order valence-electron chi connectivity index (χ2n) is 7.68. The fourth-order valence-electron chi connectivity index (χ4n) is 3.98. The van der Waals surface area contributed by atoms with Crippen LogP contribution in [0.5, 0.6) is 0 Å². The molecule has 0 saturated carbocycles. The molecule has 0 spiro atoms. The first kappa shape index (κ1) is 21.3. The predicted octanol–water partition coefficient (Wildman–Crippen LogP) is 5.40. The van der Waals surface area contributed by atoms with Crippen LogP contribution in [0.15, 0.2) is 89.3 Å². The Morgan fingerprint density at radius 3 is 2.45 bits per heavy atom. The number of nitrogens with one attached hydrogen (secondary N) is 1. The van der Waals surface area contributed by atoms with Crippen molar-refractivity contribution in [3.63, 3.8) is 0 Å². The maximum Gasteiger partial charge on any atom is 0.263 e. The quantitative estimate of drug-likeness (QED) is 0.361. The van der Waals surface area contributed by atoms with Gasteiger partial charge in [0.15, 0.2) is 0 Å². The molecule has 1 atom stereocenters. The molecule has 1 unspecified atom stereocenters. The number of aryl methyl sites for hydroxylation is 1. The lowest BCUT2D eigenvalue weighted by Gasteiger charge is -2.18. The Balaban J connectivity index is 1.47. The first-order valence-corrected chi connectivity index (χ1v) is 12.2. The molecule has 0 aliphatic heterocycles. The van der Waals surface area contributed by atoms with E-state index in [0.29, 0.717) is 10.2 Å². The Bertz CT molecular complexity index is 1460. The molecule has 5 aromatic rings. The number of benzene rings is 2. The second-order valence-corrected chi connectivity index (χ2v) is 9.87. The first-order chi connectivity index (χ1) is 16.1. The van der Waals surface area contributed by atoms with E-state index in [0.717, 1.165) is 26.4 Å². The molecular weight excluding hydrogens is 450 g/mol. The van der Waals surface area contributed by atoms with Crippen LogP contribution >= 0.6 is 22.7 Å². The molecule has 2 aromatic carbocycles. The lowest BCUT2D eigenvalue weighted by atomic mass is 10.0. The molecule has 0 radical (unpaired) electrons. The number of carbonyl (C=O) groups is 1. The molecule has 164 valence electrons. The standard InChI is InChI=1S/C26H21N3O2S2/c1-17-22(18-9-4-2-5-10-18)23-25(33-17)27-16-29(26(23)31)15-21(30)28-24(20-13-8-14-32-20)19-11-6-3-7-12-19/h2-14,16,24H,15H2,1H3,(H,28,30). The summed E-state index contributed by atoms with van der Waals surface area (Å²) in [6.45, 7) is 1.90. The van der Waals surface area contributed by atoms with E-state index in [4.69, 9.17) is 0 Å². The van der Waals surface area contributed by atoms with Crippen LogP contribution in [0.4, 0.5) is 0 Å². The van der Waals surface area contributed by atoms with Crippen molar-refractivity contribution in [1.29, 1.82) is 0 Å². The lowest BCUT2D eigenvalue weighted by molar-refractivity contribution is -0.122. The highest BCUT2D eigenvalue weighted by Crippen LogP contribution is 2.35. The van der Waals surface area contributed by atoms with Gasteiger partial charge in [0.05, 0.1) is 17.8 Å². The summed E-state index contributed by atoms with van der Waals surface area (Å²) in [5.41, 5.74) is 2.66. The minimum atomic E-state index is -0.269. The van der Waals surface area contributed by atoms with E-state index in [9.17, 15) is 9.59 Å². The molecule has 0 aliphatic carbocycles. The van der Waals surface area contributed by atoms with Gasteiger partial charge < -0.3 is 5.32 Å². The van der Waals surface area contributed by atoms with Crippen LogP contribution in [0.2, 0.25) is 0 Å². The minimum absolute atomic E-state index is 0.0976. The molecule has 0 saturated heterocycles. The van der Waals surface area contributed by atoms with E-state index < -0.39 is 0 Å². The number of amides is 1. The number of rotatable bonds is 6. The molecule has 3 aromatic heterocycles. The number of hydrogen-bond donors (Lipinski definition) is 1. The Morgan fingerprint density at radius 1 is 1.03 bits per heavy atom. The number of carbonyl (C=O) groups excluding carboxylic acids is 1. The number of nitrogens with zero attached hydrogens (tertiary/aromatic N) is 2. The molecule has 5 rings (SSSR count). The Morgan fingerprint density at radius 2 is 1.76 bits per heavy atom. The highest BCUT2D eigenvalue weighted by atomic mass is 32.1. The average molecular weight is 472 g/mol. The highest BCUT2D eigenvalue weighted by molar-refractivity contribution is 7.19. The van der Waals surface area contributed by atoms with Crippen molar-refractivity contribution in [1.82, 2.24) is 14.9 Å². The van der Waals surface area contributed by atoms with Crippen molar-refractivity contribution in [2.45, 2.75) is 19.5 Å². The van der Waals surface area contributed by atoms with E-state index in [-0.39, 0.29) is 24.1 Å². The van der Waals surface area contributed by atoms with Crippen LogP contribution in [0, 0.1) is 6.92 Å². The van der Waals surface area contributed by atoms with Crippen LogP contribution in [0.3, 0.4) is 0 Å². The van der Waals surface area contributed by atoms with Gasteiger partial charge in [0.2, 0.25) is 5.91 Å². The Labute approximate surface area is 199 Å². The fraction of sp³-hybridized carbons (Fsp3) is 0.115. The zero-order valence-corrected chi connectivity index (χ0v) is 19.5. The van der Waals surface area contributed by atoms with Crippen molar-refractivity contribution in [3.8, 4) is 11.1 Å². The monoisotopic (exact) mass is 471 g/mol. The third-order valence-corrected chi connectivity index (χ3v) is 7.45. The lowest BCUT2D eigenvalue weighted by Crippen LogP contribution is -2.35. The van der Waals surface area contributed by atoms with Gasteiger partial charge in [-0.15, -0.1) is 22.7 Å². The molecule has 0 bridgehead atoms. The summed E-state index contributed by atoms with van der Waals surface area (Å²) >= 11 is 3.09. The Kier molecular flexibility index (Phi) is 5.90. The van der Waals surface area contributed by atoms with E-state index in [1.165, 1.54) is 22.2 Å². The van der Waals surface area contributed by atoms with Crippen LogP contribution in [-0.2, 0) is 11.3 Å². The molecule has 5 nitrogen and oxygen atoms in total. The van der Waals surface area contributed by atoms with E-state index in [1.54, 1.807) is 11.3 Å². The number of thiophene rings is 2. The third-order valence-electron chi connectivity index (χ3n) is 5.50. The summed E-state index contributed by atoms with van der Waals surface area (Å²) in [5, 5.41) is 5.65. The van der Waals surface area contributed by atoms with Gasteiger partial charge >= 0.3 is 0 Å². The van der Waals surface area contributed by atoms with Crippen molar-refractivity contribution >= 4 is 38.8 Å². The van der Waals surface area contributed by atoms with Gasteiger partial charge in [-0.25, -0.2) is 4.98 Å². The normalized spacial score (nSPS) is 12.0. The van der Waals surface area contributed by atoms with Gasteiger partial charge in [-0.2, -0.15) is 0 Å². The van der Waals surface area contributed by atoms with Crippen LogP contribution < -0.4 is 10.9 Å². The first-order valence-electron chi connectivity index (χ1n) is 10.5. The Hall–Kier alpha value is -3.55. The number of hydrogen-bond acceptors (Lipinski definition) is 5. The topological polar surface area (TPSA) is 64.0 Å². The zero-order valence-electron chi connectivity index (χ0n) is 17.9. The maximum absolute atomic E-state index is 13.4. The SMILES string of the molecule is Cc1sc2ncn(CC(=O)NC(c3ccccc3)c3cccs3)c(=O)c2c1-c1ccccc1. The zero-order chi connectivity index (χ0) is 22.8.